The van der Waals surface area contributed by atoms with Crippen molar-refractivity contribution in [3.05, 3.63) is 65.5 Å². The van der Waals surface area contributed by atoms with E-state index in [1.165, 1.54) is 0 Å². The number of carbonyl (C=O) groups is 1. The molecule has 1 unspecified atom stereocenters. The highest BCUT2D eigenvalue weighted by molar-refractivity contribution is 5.95. The Morgan fingerprint density at radius 1 is 1.08 bits per heavy atom. The van der Waals surface area contributed by atoms with E-state index in [9.17, 15) is 18.0 Å². The molecule has 0 aliphatic rings. The number of hydrogen-bond acceptors (Lipinski definition) is 2. The fourth-order valence-corrected chi connectivity index (χ4v) is 2.21. The smallest absolute Gasteiger partial charge is 0.243 e. The highest BCUT2D eigenvalue weighted by Gasteiger charge is 2.15. The maximum Gasteiger partial charge on any atom is 0.243 e. The zero-order chi connectivity index (χ0) is 19.1. The molecule has 1 amide bonds. The van der Waals surface area contributed by atoms with E-state index in [1.54, 1.807) is 7.05 Å². The molecule has 5 nitrogen and oxygen atoms in total. The molecule has 0 heterocycles. The third-order valence-corrected chi connectivity index (χ3v) is 3.60. The van der Waals surface area contributed by atoms with E-state index in [0.29, 0.717) is 5.96 Å². The Hall–Kier alpha value is -3.03. The number of nitrogens with zero attached hydrogens (tertiary/aromatic N) is 1. The van der Waals surface area contributed by atoms with Gasteiger partial charge in [0.05, 0.1) is 18.3 Å². The largest absolute Gasteiger partial charge is 0.350 e. The number of aliphatic imine (C=N–C) groups is 1. The fraction of sp³-hybridized carbons (Fsp3) is 0.222. The summed E-state index contributed by atoms with van der Waals surface area (Å²) in [6.45, 7) is 1.69. The Balaban J connectivity index is 1.90. The first kappa shape index (κ1) is 19.3. The topological polar surface area (TPSA) is 65.5 Å². The van der Waals surface area contributed by atoms with Gasteiger partial charge in [-0.2, -0.15) is 0 Å². The maximum atomic E-state index is 13.6. The van der Waals surface area contributed by atoms with Crippen LogP contribution >= 0.6 is 0 Å². The van der Waals surface area contributed by atoms with Crippen LogP contribution in [-0.4, -0.2) is 25.5 Å². The normalized spacial score (nSPS) is 12.4. The fourth-order valence-electron chi connectivity index (χ4n) is 2.21. The number of carbonyl (C=O) groups excluding carboxylic acids is 1. The molecule has 0 radical (unpaired) electrons. The Morgan fingerprint density at radius 2 is 1.77 bits per heavy atom. The molecule has 0 saturated carbocycles. The van der Waals surface area contributed by atoms with Crippen molar-refractivity contribution in [2.24, 2.45) is 4.99 Å². The lowest BCUT2D eigenvalue weighted by atomic mass is 10.1. The zero-order valence-electron chi connectivity index (χ0n) is 14.3. The van der Waals surface area contributed by atoms with E-state index in [2.05, 4.69) is 20.9 Å². The summed E-state index contributed by atoms with van der Waals surface area (Å²) in [6, 6.07) is 11.3. The SMILES string of the molecule is CN=C(NCC(=O)Nc1ccc(F)c(F)c1F)NC(C)c1ccccc1. The van der Waals surface area contributed by atoms with E-state index < -0.39 is 29.0 Å². The van der Waals surface area contributed by atoms with Crippen molar-refractivity contribution in [3.63, 3.8) is 0 Å². The van der Waals surface area contributed by atoms with Crippen LogP contribution in [0.1, 0.15) is 18.5 Å². The number of halogens is 3. The van der Waals surface area contributed by atoms with Crippen molar-refractivity contribution in [2.75, 3.05) is 18.9 Å². The van der Waals surface area contributed by atoms with Crippen LogP contribution in [0.25, 0.3) is 0 Å². The summed E-state index contributed by atoms with van der Waals surface area (Å²) >= 11 is 0. The molecule has 138 valence electrons. The van der Waals surface area contributed by atoms with Crippen LogP contribution in [0.15, 0.2) is 47.5 Å². The molecule has 2 rings (SSSR count). The van der Waals surface area contributed by atoms with Gasteiger partial charge in [-0.15, -0.1) is 0 Å². The molecule has 0 aromatic heterocycles. The van der Waals surface area contributed by atoms with Crippen LogP contribution in [-0.2, 0) is 4.79 Å². The zero-order valence-corrected chi connectivity index (χ0v) is 14.3. The quantitative estimate of drug-likeness (QED) is 0.434. The third kappa shape index (κ3) is 4.98. The van der Waals surface area contributed by atoms with Gasteiger partial charge in [-0.25, -0.2) is 13.2 Å². The van der Waals surface area contributed by atoms with E-state index in [0.717, 1.165) is 17.7 Å². The van der Waals surface area contributed by atoms with Crippen LogP contribution < -0.4 is 16.0 Å². The lowest BCUT2D eigenvalue weighted by molar-refractivity contribution is -0.115. The van der Waals surface area contributed by atoms with Gasteiger partial charge in [0.25, 0.3) is 0 Å². The van der Waals surface area contributed by atoms with Crippen molar-refractivity contribution in [1.82, 2.24) is 10.6 Å². The number of amides is 1. The van der Waals surface area contributed by atoms with Crippen molar-refractivity contribution in [1.29, 1.82) is 0 Å². The third-order valence-electron chi connectivity index (χ3n) is 3.60. The van der Waals surface area contributed by atoms with Gasteiger partial charge in [-0.05, 0) is 24.6 Å². The van der Waals surface area contributed by atoms with Gasteiger partial charge in [0, 0.05) is 7.05 Å². The van der Waals surface area contributed by atoms with Gasteiger partial charge in [-0.3, -0.25) is 9.79 Å². The number of rotatable bonds is 5. The van der Waals surface area contributed by atoms with Crippen LogP contribution in [0, 0.1) is 17.5 Å². The molecule has 0 spiro atoms. The van der Waals surface area contributed by atoms with E-state index in [1.807, 2.05) is 37.3 Å². The average molecular weight is 364 g/mol. The molecule has 0 saturated heterocycles. The molecule has 3 N–H and O–H groups in total. The summed E-state index contributed by atoms with van der Waals surface area (Å²) in [6.07, 6.45) is 0. The molecule has 8 heteroatoms. The lowest BCUT2D eigenvalue weighted by Crippen LogP contribution is -2.42. The predicted molar refractivity (Wildman–Crippen MR) is 94.3 cm³/mol. The van der Waals surface area contributed by atoms with Crippen molar-refractivity contribution < 1.29 is 18.0 Å². The number of anilines is 1. The Kier molecular flexibility index (Phi) is 6.60. The first-order chi connectivity index (χ1) is 12.4. The molecule has 0 aliphatic carbocycles. The summed E-state index contributed by atoms with van der Waals surface area (Å²) < 4.78 is 39.6. The Morgan fingerprint density at radius 3 is 2.42 bits per heavy atom. The summed E-state index contributed by atoms with van der Waals surface area (Å²) in [5.74, 6) is -4.67. The second-order valence-corrected chi connectivity index (χ2v) is 5.47. The highest BCUT2D eigenvalue weighted by atomic mass is 19.2. The second-order valence-electron chi connectivity index (χ2n) is 5.47. The molecule has 2 aromatic carbocycles. The van der Waals surface area contributed by atoms with Gasteiger partial charge in [-0.1, -0.05) is 30.3 Å². The van der Waals surface area contributed by atoms with Crippen LogP contribution in [0.3, 0.4) is 0 Å². The minimum absolute atomic E-state index is 0.0610. The standard InChI is InChI=1S/C18H19F3N4O/c1-11(12-6-4-3-5-7-12)24-18(22-2)23-10-15(26)25-14-9-8-13(19)16(20)17(14)21/h3-9,11H,10H2,1-2H3,(H,25,26)(H2,22,23,24). The number of guanidine groups is 1. The molecule has 2 aromatic rings. The average Bonchev–Trinajstić information content (AvgIpc) is 2.66. The van der Waals surface area contributed by atoms with E-state index >= 15 is 0 Å². The minimum Gasteiger partial charge on any atom is -0.350 e. The summed E-state index contributed by atoms with van der Waals surface area (Å²) in [5, 5.41) is 8.05. The Bertz CT molecular complexity index is 797. The summed E-state index contributed by atoms with van der Waals surface area (Å²) in [5.41, 5.74) is 0.597. The number of benzene rings is 2. The molecular formula is C18H19F3N4O. The van der Waals surface area contributed by atoms with Crippen LogP contribution in [0.5, 0.6) is 0 Å². The van der Waals surface area contributed by atoms with Gasteiger partial charge in [0.15, 0.2) is 23.4 Å². The van der Waals surface area contributed by atoms with Crippen molar-refractivity contribution in [3.8, 4) is 0 Å². The van der Waals surface area contributed by atoms with Gasteiger partial charge in [0.1, 0.15) is 0 Å². The van der Waals surface area contributed by atoms with E-state index in [4.69, 9.17) is 0 Å². The molecule has 26 heavy (non-hydrogen) atoms. The predicted octanol–water partition coefficient (Wildman–Crippen LogP) is 2.97. The summed E-state index contributed by atoms with van der Waals surface area (Å²) in [4.78, 5) is 15.9. The molecule has 0 bridgehead atoms. The highest BCUT2D eigenvalue weighted by Crippen LogP contribution is 2.19. The Labute approximate surface area is 149 Å². The van der Waals surface area contributed by atoms with Crippen molar-refractivity contribution >= 4 is 17.6 Å². The van der Waals surface area contributed by atoms with Crippen LogP contribution in [0.4, 0.5) is 18.9 Å². The van der Waals surface area contributed by atoms with Gasteiger partial charge in [0.2, 0.25) is 5.91 Å². The van der Waals surface area contributed by atoms with Crippen molar-refractivity contribution in [2.45, 2.75) is 13.0 Å². The number of nitrogens with one attached hydrogen (secondary N) is 3. The minimum atomic E-state index is -1.63. The van der Waals surface area contributed by atoms with Crippen LogP contribution in [0.2, 0.25) is 0 Å². The monoisotopic (exact) mass is 364 g/mol. The van der Waals surface area contributed by atoms with E-state index in [-0.39, 0.29) is 12.6 Å². The maximum absolute atomic E-state index is 13.6. The molecular weight excluding hydrogens is 345 g/mol. The first-order valence-corrected chi connectivity index (χ1v) is 7.88. The lowest BCUT2D eigenvalue weighted by Gasteiger charge is -2.18. The molecule has 1 atom stereocenters. The molecule has 0 fully saturated rings. The first-order valence-electron chi connectivity index (χ1n) is 7.88. The second kappa shape index (κ2) is 8.89. The number of hydrogen-bond donors (Lipinski definition) is 3. The molecule has 0 aliphatic heterocycles. The summed E-state index contributed by atoms with van der Waals surface area (Å²) in [7, 11) is 1.54. The van der Waals surface area contributed by atoms with Gasteiger partial charge < -0.3 is 16.0 Å². The van der Waals surface area contributed by atoms with Gasteiger partial charge >= 0.3 is 0 Å².